The zero-order valence-electron chi connectivity index (χ0n) is 7.94. The van der Waals surface area contributed by atoms with E-state index in [0.29, 0.717) is 5.02 Å². The summed E-state index contributed by atoms with van der Waals surface area (Å²) < 4.78 is 0. The van der Waals surface area contributed by atoms with Gasteiger partial charge in [0.15, 0.2) is 0 Å². The van der Waals surface area contributed by atoms with Crippen LogP contribution in [0.4, 0.5) is 5.69 Å². The number of halogens is 1. The molecule has 0 spiro atoms. The molecule has 1 aromatic heterocycles. The molecule has 0 atom stereocenters. The van der Waals surface area contributed by atoms with Crippen LogP contribution >= 0.6 is 11.6 Å². The lowest BCUT2D eigenvalue weighted by Crippen LogP contribution is -2.06. The van der Waals surface area contributed by atoms with Crippen LogP contribution < -0.4 is 11.3 Å². The Morgan fingerprint density at radius 2 is 2.07 bits per heavy atom. The smallest absolute Gasteiger partial charge is 0.0723 e. The number of nitrogens with zero attached hydrogens (tertiary/aromatic N) is 1. The molecular formula is C11H10ClN3. The van der Waals surface area contributed by atoms with E-state index in [1.807, 2.05) is 30.3 Å². The van der Waals surface area contributed by atoms with Gasteiger partial charge in [-0.25, -0.2) is 0 Å². The Labute approximate surface area is 92.9 Å². The number of anilines is 1. The first-order chi connectivity index (χ1) is 7.29. The summed E-state index contributed by atoms with van der Waals surface area (Å²) in [7, 11) is 0. The van der Waals surface area contributed by atoms with Gasteiger partial charge in [-0.1, -0.05) is 23.7 Å². The van der Waals surface area contributed by atoms with Crippen molar-refractivity contribution in [3.05, 3.63) is 47.6 Å². The number of hydrazine groups is 1. The quantitative estimate of drug-likeness (QED) is 0.603. The van der Waals surface area contributed by atoms with Crippen molar-refractivity contribution in [2.75, 3.05) is 5.43 Å². The van der Waals surface area contributed by atoms with Gasteiger partial charge < -0.3 is 5.43 Å². The van der Waals surface area contributed by atoms with Gasteiger partial charge in [0.1, 0.15) is 0 Å². The van der Waals surface area contributed by atoms with Crippen LogP contribution in [-0.2, 0) is 0 Å². The van der Waals surface area contributed by atoms with Crippen LogP contribution in [0.2, 0.25) is 5.02 Å². The summed E-state index contributed by atoms with van der Waals surface area (Å²) >= 11 is 5.90. The van der Waals surface area contributed by atoms with Gasteiger partial charge in [0.2, 0.25) is 0 Å². The average Bonchev–Trinajstić information content (AvgIpc) is 2.29. The van der Waals surface area contributed by atoms with Crippen molar-refractivity contribution >= 4 is 17.3 Å². The molecule has 0 radical (unpaired) electrons. The first-order valence-corrected chi connectivity index (χ1v) is 4.86. The highest BCUT2D eigenvalue weighted by Crippen LogP contribution is 2.22. The van der Waals surface area contributed by atoms with Gasteiger partial charge in [-0.2, -0.15) is 0 Å². The van der Waals surface area contributed by atoms with E-state index in [1.54, 1.807) is 12.3 Å². The Morgan fingerprint density at radius 1 is 1.20 bits per heavy atom. The summed E-state index contributed by atoms with van der Waals surface area (Å²) in [6.45, 7) is 0. The second-order valence-electron chi connectivity index (χ2n) is 3.08. The molecule has 76 valence electrons. The standard InChI is InChI=1S/C11H10ClN3/c12-9-3-1-2-8(6-9)11-7-10(15-13)4-5-14-11/h1-7H,13H2,(H,14,15). The number of rotatable bonds is 2. The Kier molecular flexibility index (Phi) is 2.85. The summed E-state index contributed by atoms with van der Waals surface area (Å²) in [5.41, 5.74) is 5.21. The molecule has 0 saturated heterocycles. The van der Waals surface area contributed by atoms with E-state index in [2.05, 4.69) is 10.4 Å². The van der Waals surface area contributed by atoms with Gasteiger partial charge in [-0.3, -0.25) is 10.8 Å². The van der Waals surface area contributed by atoms with Crippen LogP contribution in [0, 0.1) is 0 Å². The molecule has 0 aliphatic rings. The summed E-state index contributed by atoms with van der Waals surface area (Å²) in [4.78, 5) is 4.24. The fourth-order valence-electron chi connectivity index (χ4n) is 1.33. The van der Waals surface area contributed by atoms with Crippen LogP contribution in [0.5, 0.6) is 0 Å². The van der Waals surface area contributed by atoms with Crippen LogP contribution in [0.25, 0.3) is 11.3 Å². The third-order valence-corrected chi connectivity index (χ3v) is 2.28. The molecule has 1 heterocycles. The number of hydrogen-bond acceptors (Lipinski definition) is 3. The lowest BCUT2D eigenvalue weighted by molar-refractivity contribution is 1.28. The summed E-state index contributed by atoms with van der Waals surface area (Å²) in [5.74, 6) is 5.32. The largest absolute Gasteiger partial charge is 0.324 e. The van der Waals surface area contributed by atoms with E-state index in [1.165, 1.54) is 0 Å². The third kappa shape index (κ3) is 2.26. The van der Waals surface area contributed by atoms with Gasteiger partial charge in [0.25, 0.3) is 0 Å². The van der Waals surface area contributed by atoms with Crippen LogP contribution in [0.15, 0.2) is 42.6 Å². The SMILES string of the molecule is NNc1ccnc(-c2cccc(Cl)c2)c1. The molecular weight excluding hydrogens is 210 g/mol. The number of nitrogens with two attached hydrogens (primary N) is 1. The molecule has 0 amide bonds. The number of hydrogen-bond donors (Lipinski definition) is 2. The molecule has 1 aromatic carbocycles. The zero-order chi connectivity index (χ0) is 10.7. The Hall–Kier alpha value is -1.58. The number of pyridine rings is 1. The first-order valence-electron chi connectivity index (χ1n) is 4.48. The highest BCUT2D eigenvalue weighted by Gasteiger charge is 2.00. The van der Waals surface area contributed by atoms with Gasteiger partial charge in [-0.05, 0) is 24.3 Å². The molecule has 0 bridgehead atoms. The second-order valence-corrected chi connectivity index (χ2v) is 3.52. The van der Waals surface area contributed by atoms with Gasteiger partial charge in [0.05, 0.1) is 11.4 Å². The summed E-state index contributed by atoms with van der Waals surface area (Å²) in [6, 6.07) is 11.2. The molecule has 3 N–H and O–H groups in total. The Balaban J connectivity index is 2.44. The second kappa shape index (κ2) is 4.29. The molecule has 0 fully saturated rings. The highest BCUT2D eigenvalue weighted by molar-refractivity contribution is 6.30. The number of nitrogen functional groups attached to an aromatic ring is 1. The van der Waals surface area contributed by atoms with Crippen molar-refractivity contribution < 1.29 is 0 Å². The molecule has 15 heavy (non-hydrogen) atoms. The van der Waals surface area contributed by atoms with Gasteiger partial charge in [-0.15, -0.1) is 0 Å². The van der Waals surface area contributed by atoms with Crippen molar-refractivity contribution in [1.82, 2.24) is 4.98 Å². The Bertz CT molecular complexity index is 471. The summed E-state index contributed by atoms with van der Waals surface area (Å²) in [5, 5.41) is 0.695. The zero-order valence-corrected chi connectivity index (χ0v) is 8.70. The number of benzene rings is 1. The molecule has 0 unspecified atom stereocenters. The fraction of sp³-hybridized carbons (Fsp3) is 0. The van der Waals surface area contributed by atoms with E-state index in [-0.39, 0.29) is 0 Å². The third-order valence-electron chi connectivity index (χ3n) is 2.05. The number of nitrogens with one attached hydrogen (secondary N) is 1. The lowest BCUT2D eigenvalue weighted by atomic mass is 10.1. The molecule has 2 rings (SSSR count). The minimum absolute atomic E-state index is 0.695. The van der Waals surface area contributed by atoms with Crippen molar-refractivity contribution in [2.45, 2.75) is 0 Å². The maximum Gasteiger partial charge on any atom is 0.0723 e. The average molecular weight is 220 g/mol. The number of aromatic nitrogens is 1. The van der Waals surface area contributed by atoms with E-state index < -0.39 is 0 Å². The maximum atomic E-state index is 5.90. The van der Waals surface area contributed by atoms with Crippen LogP contribution in [-0.4, -0.2) is 4.98 Å². The van der Waals surface area contributed by atoms with E-state index in [0.717, 1.165) is 16.9 Å². The normalized spacial score (nSPS) is 10.0. The molecule has 0 aliphatic carbocycles. The summed E-state index contributed by atoms with van der Waals surface area (Å²) in [6.07, 6.45) is 1.70. The Morgan fingerprint density at radius 3 is 2.80 bits per heavy atom. The molecule has 4 heteroatoms. The maximum absolute atomic E-state index is 5.90. The monoisotopic (exact) mass is 219 g/mol. The van der Waals surface area contributed by atoms with Gasteiger partial charge in [0, 0.05) is 16.8 Å². The topological polar surface area (TPSA) is 50.9 Å². The van der Waals surface area contributed by atoms with Crippen molar-refractivity contribution in [3.63, 3.8) is 0 Å². The highest BCUT2D eigenvalue weighted by atomic mass is 35.5. The minimum Gasteiger partial charge on any atom is -0.324 e. The van der Waals surface area contributed by atoms with E-state index in [4.69, 9.17) is 17.4 Å². The van der Waals surface area contributed by atoms with Crippen LogP contribution in [0.3, 0.4) is 0 Å². The van der Waals surface area contributed by atoms with E-state index >= 15 is 0 Å². The van der Waals surface area contributed by atoms with Crippen molar-refractivity contribution in [3.8, 4) is 11.3 Å². The predicted octanol–water partition coefficient (Wildman–Crippen LogP) is 2.69. The van der Waals surface area contributed by atoms with E-state index in [9.17, 15) is 0 Å². The molecule has 0 saturated carbocycles. The molecule has 0 aliphatic heterocycles. The minimum atomic E-state index is 0.695. The van der Waals surface area contributed by atoms with Crippen LogP contribution in [0.1, 0.15) is 0 Å². The predicted molar refractivity (Wildman–Crippen MR) is 62.5 cm³/mol. The first kappa shape index (κ1) is 9.96. The van der Waals surface area contributed by atoms with Crippen molar-refractivity contribution in [2.24, 2.45) is 5.84 Å². The van der Waals surface area contributed by atoms with Crippen molar-refractivity contribution in [1.29, 1.82) is 0 Å². The van der Waals surface area contributed by atoms with Gasteiger partial charge >= 0.3 is 0 Å². The lowest BCUT2D eigenvalue weighted by Gasteiger charge is -2.04. The molecule has 2 aromatic rings. The molecule has 3 nitrogen and oxygen atoms in total. The fourth-order valence-corrected chi connectivity index (χ4v) is 1.52.